The molecule has 0 saturated heterocycles. The van der Waals surface area contributed by atoms with E-state index in [-0.39, 0.29) is 5.41 Å². The first-order chi connectivity index (χ1) is 13.1. The zero-order valence-corrected chi connectivity index (χ0v) is 16.0. The van der Waals surface area contributed by atoms with E-state index < -0.39 is 0 Å². The molecule has 2 heterocycles. The van der Waals surface area contributed by atoms with E-state index in [1.807, 2.05) is 18.2 Å². The van der Waals surface area contributed by atoms with Crippen molar-refractivity contribution in [2.75, 3.05) is 20.1 Å². The van der Waals surface area contributed by atoms with Crippen LogP contribution in [0.1, 0.15) is 25.2 Å². The fourth-order valence-corrected chi connectivity index (χ4v) is 2.74. The zero-order valence-electron chi connectivity index (χ0n) is 16.0. The average Bonchev–Trinajstić information content (AvgIpc) is 3.37. The lowest BCUT2D eigenvalue weighted by Crippen LogP contribution is -2.44. The van der Waals surface area contributed by atoms with Crippen molar-refractivity contribution in [2.24, 2.45) is 4.99 Å². The van der Waals surface area contributed by atoms with Crippen LogP contribution < -0.4 is 10.6 Å². The second kappa shape index (κ2) is 8.53. The quantitative estimate of drug-likeness (QED) is 0.442. The van der Waals surface area contributed by atoms with Gasteiger partial charge >= 0.3 is 0 Å². The molecule has 0 aliphatic carbocycles. The topological polar surface area (TPSA) is 91.1 Å². The fourth-order valence-electron chi connectivity index (χ4n) is 2.74. The van der Waals surface area contributed by atoms with Crippen LogP contribution in [0, 0.1) is 0 Å². The van der Waals surface area contributed by atoms with E-state index in [1.54, 1.807) is 13.3 Å². The molecule has 0 saturated carbocycles. The van der Waals surface area contributed by atoms with Crippen LogP contribution in [0.2, 0.25) is 0 Å². The number of guanidine groups is 1. The van der Waals surface area contributed by atoms with Gasteiger partial charge in [-0.25, -0.2) is 4.98 Å². The molecule has 7 nitrogen and oxygen atoms in total. The van der Waals surface area contributed by atoms with Crippen LogP contribution in [-0.2, 0) is 11.8 Å². The Kier molecular flexibility index (Phi) is 5.90. The predicted molar refractivity (Wildman–Crippen MR) is 107 cm³/mol. The van der Waals surface area contributed by atoms with Crippen LogP contribution >= 0.6 is 0 Å². The molecule has 3 rings (SSSR count). The molecular formula is C20H26N6O. The third kappa shape index (κ3) is 4.97. The summed E-state index contributed by atoms with van der Waals surface area (Å²) >= 11 is 0. The second-order valence-corrected chi connectivity index (χ2v) is 6.94. The van der Waals surface area contributed by atoms with Crippen molar-refractivity contribution in [3.05, 3.63) is 60.1 Å². The van der Waals surface area contributed by atoms with Gasteiger partial charge in [0, 0.05) is 32.0 Å². The van der Waals surface area contributed by atoms with Crippen molar-refractivity contribution in [1.82, 2.24) is 25.8 Å². The van der Waals surface area contributed by atoms with Gasteiger partial charge in [0.2, 0.25) is 5.82 Å². The van der Waals surface area contributed by atoms with Gasteiger partial charge in [0.05, 0.1) is 6.26 Å². The molecule has 7 heteroatoms. The smallest absolute Gasteiger partial charge is 0.216 e. The zero-order chi connectivity index (χ0) is 19.1. The lowest BCUT2D eigenvalue weighted by atomic mass is 9.85. The van der Waals surface area contributed by atoms with E-state index in [0.717, 1.165) is 18.3 Å². The molecule has 3 aromatic rings. The van der Waals surface area contributed by atoms with Gasteiger partial charge in [-0.2, -0.15) is 5.10 Å². The van der Waals surface area contributed by atoms with Crippen LogP contribution in [0.4, 0.5) is 0 Å². The summed E-state index contributed by atoms with van der Waals surface area (Å²) in [5.41, 5.74) is 1.29. The van der Waals surface area contributed by atoms with Crippen molar-refractivity contribution in [2.45, 2.75) is 25.7 Å². The molecule has 0 atom stereocenters. The van der Waals surface area contributed by atoms with Gasteiger partial charge in [-0.3, -0.25) is 10.1 Å². The molecule has 0 spiro atoms. The van der Waals surface area contributed by atoms with Crippen molar-refractivity contribution in [1.29, 1.82) is 0 Å². The Hall–Kier alpha value is -3.09. The molecule has 0 bridgehead atoms. The number of hydrogen-bond acceptors (Lipinski definition) is 4. The molecule has 0 aliphatic heterocycles. The maximum absolute atomic E-state index is 5.30. The Morgan fingerprint density at radius 3 is 2.67 bits per heavy atom. The predicted octanol–water partition coefficient (Wildman–Crippen LogP) is 2.75. The van der Waals surface area contributed by atoms with E-state index in [9.17, 15) is 0 Å². The highest BCUT2D eigenvalue weighted by molar-refractivity contribution is 5.79. The summed E-state index contributed by atoms with van der Waals surface area (Å²) < 4.78 is 5.30. The highest BCUT2D eigenvalue weighted by Gasteiger charge is 2.20. The van der Waals surface area contributed by atoms with Crippen molar-refractivity contribution < 1.29 is 4.42 Å². The number of rotatable bonds is 7. The lowest BCUT2D eigenvalue weighted by Gasteiger charge is -2.26. The summed E-state index contributed by atoms with van der Waals surface area (Å²) in [4.78, 5) is 8.73. The lowest BCUT2D eigenvalue weighted by molar-refractivity contribution is 0.508. The SMILES string of the molecule is CN=C(NCCc1nc(-c2ccco2)n[nH]1)NCC(C)(C)c1ccccc1. The minimum Gasteiger partial charge on any atom is -0.461 e. The molecule has 2 aromatic heterocycles. The van der Waals surface area contributed by atoms with Crippen LogP contribution in [0.25, 0.3) is 11.6 Å². The van der Waals surface area contributed by atoms with Gasteiger partial charge in [-0.15, -0.1) is 0 Å². The molecule has 0 radical (unpaired) electrons. The van der Waals surface area contributed by atoms with Crippen molar-refractivity contribution >= 4 is 5.96 Å². The number of furan rings is 1. The summed E-state index contributed by atoms with van der Waals surface area (Å²) in [5.74, 6) is 2.80. The van der Waals surface area contributed by atoms with E-state index in [2.05, 4.69) is 68.9 Å². The Balaban J connectivity index is 1.47. The molecule has 0 unspecified atom stereocenters. The molecule has 3 N–H and O–H groups in total. The number of aromatic nitrogens is 3. The maximum atomic E-state index is 5.30. The first-order valence-electron chi connectivity index (χ1n) is 9.04. The van der Waals surface area contributed by atoms with Gasteiger partial charge in [0.15, 0.2) is 11.7 Å². The van der Waals surface area contributed by atoms with Gasteiger partial charge in [-0.05, 0) is 17.7 Å². The summed E-state index contributed by atoms with van der Waals surface area (Å²) in [6, 6.07) is 14.1. The Morgan fingerprint density at radius 2 is 1.96 bits per heavy atom. The third-order valence-electron chi connectivity index (χ3n) is 4.40. The Labute approximate surface area is 159 Å². The molecule has 142 valence electrons. The average molecular weight is 366 g/mol. The summed E-state index contributed by atoms with van der Waals surface area (Å²) in [6.45, 7) is 5.90. The number of nitrogens with zero attached hydrogens (tertiary/aromatic N) is 3. The number of nitrogens with one attached hydrogen (secondary N) is 3. The molecule has 27 heavy (non-hydrogen) atoms. The summed E-state index contributed by atoms with van der Waals surface area (Å²) in [7, 11) is 1.77. The Bertz CT molecular complexity index is 852. The van der Waals surface area contributed by atoms with Gasteiger partial charge < -0.3 is 15.1 Å². The molecular weight excluding hydrogens is 340 g/mol. The fraction of sp³-hybridized carbons (Fsp3) is 0.350. The number of hydrogen-bond donors (Lipinski definition) is 3. The molecule has 0 amide bonds. The van der Waals surface area contributed by atoms with Crippen LogP contribution in [0.5, 0.6) is 0 Å². The number of aromatic amines is 1. The maximum Gasteiger partial charge on any atom is 0.216 e. The molecule has 1 aromatic carbocycles. The van der Waals surface area contributed by atoms with Gasteiger partial charge in [0.25, 0.3) is 0 Å². The van der Waals surface area contributed by atoms with Crippen LogP contribution in [0.3, 0.4) is 0 Å². The molecule has 0 fully saturated rings. The van der Waals surface area contributed by atoms with Crippen molar-refractivity contribution in [3.8, 4) is 11.6 Å². The van der Waals surface area contributed by atoms with Gasteiger partial charge in [0.1, 0.15) is 5.82 Å². The van der Waals surface area contributed by atoms with E-state index >= 15 is 0 Å². The normalized spacial score (nSPS) is 12.2. The monoisotopic (exact) mass is 366 g/mol. The minimum atomic E-state index is 0.00174. The van der Waals surface area contributed by atoms with Crippen molar-refractivity contribution in [3.63, 3.8) is 0 Å². The Morgan fingerprint density at radius 1 is 1.15 bits per heavy atom. The van der Waals surface area contributed by atoms with Gasteiger partial charge in [-0.1, -0.05) is 44.2 Å². The van der Waals surface area contributed by atoms with Crippen LogP contribution in [0.15, 0.2) is 58.1 Å². The summed E-state index contributed by atoms with van der Waals surface area (Å²) in [6.07, 6.45) is 2.32. The highest BCUT2D eigenvalue weighted by atomic mass is 16.3. The molecule has 0 aliphatic rings. The van der Waals surface area contributed by atoms with Crippen LogP contribution in [-0.4, -0.2) is 41.3 Å². The second-order valence-electron chi connectivity index (χ2n) is 6.94. The van der Waals surface area contributed by atoms with E-state index in [1.165, 1.54) is 5.56 Å². The third-order valence-corrected chi connectivity index (χ3v) is 4.40. The van der Waals surface area contributed by atoms with E-state index in [4.69, 9.17) is 4.42 Å². The highest BCUT2D eigenvalue weighted by Crippen LogP contribution is 2.21. The standard InChI is InChI=1S/C20H26N6O/c1-20(2,15-8-5-4-6-9-15)14-23-19(21-3)22-12-11-17-24-18(26-25-17)16-10-7-13-27-16/h4-10,13H,11-12,14H2,1-3H3,(H2,21,22,23)(H,24,25,26). The number of aliphatic imine (C=N–C) groups is 1. The first kappa shape index (κ1) is 18.7. The largest absolute Gasteiger partial charge is 0.461 e. The summed E-state index contributed by atoms with van der Waals surface area (Å²) in [5, 5.41) is 13.8. The number of H-pyrrole nitrogens is 1. The van der Waals surface area contributed by atoms with E-state index in [0.29, 0.717) is 24.6 Å². The first-order valence-corrected chi connectivity index (χ1v) is 9.04. The number of benzene rings is 1. The minimum absolute atomic E-state index is 0.00174.